The predicted octanol–water partition coefficient (Wildman–Crippen LogP) is 3.48. The minimum absolute atomic E-state index is 0.00914. The molecule has 2 aromatic carbocycles. The number of hydrogen-bond donors (Lipinski definition) is 1. The molecule has 1 saturated carbocycles. The lowest BCUT2D eigenvalue weighted by Gasteiger charge is -2.35. The lowest BCUT2D eigenvalue weighted by atomic mass is 9.91. The van der Waals surface area contributed by atoms with E-state index in [2.05, 4.69) is 9.62 Å². The normalized spacial score (nSPS) is 26.5. The highest BCUT2D eigenvalue weighted by Gasteiger charge is 2.60. The lowest BCUT2D eigenvalue weighted by Crippen LogP contribution is -2.50. The Labute approximate surface area is 192 Å². The van der Waals surface area contributed by atoms with E-state index in [0.29, 0.717) is 19.7 Å². The summed E-state index contributed by atoms with van der Waals surface area (Å²) in [4.78, 5) is 2.17. The van der Waals surface area contributed by atoms with Gasteiger partial charge in [-0.1, -0.05) is 12.1 Å². The zero-order valence-corrected chi connectivity index (χ0v) is 19.2. The van der Waals surface area contributed by atoms with Gasteiger partial charge in [-0.2, -0.15) is 0 Å². The molecule has 2 aromatic rings. The first-order valence-electron chi connectivity index (χ1n) is 11.2. The van der Waals surface area contributed by atoms with Gasteiger partial charge in [0, 0.05) is 42.8 Å². The number of nitrogens with one attached hydrogen (secondary N) is 1. The summed E-state index contributed by atoms with van der Waals surface area (Å²) in [6, 6.07) is 6.89. The molecule has 0 bridgehead atoms. The molecular weight excluding hydrogens is 453 g/mol. The smallest absolute Gasteiger partial charge is 0.209 e. The van der Waals surface area contributed by atoms with Crippen LogP contribution in [0.2, 0.25) is 0 Å². The Hall–Kier alpha value is -1.94. The van der Waals surface area contributed by atoms with Gasteiger partial charge in [0.15, 0.2) is 0 Å². The molecular formula is C24H27F3N2O3S. The SMILES string of the molecule is CS(=O)(=O)N[C@@H]1[C@H](Cc2cc(F)cc(-c3cccc(F)c3)c2F)N(CC2CCO2)CC12CC2. The van der Waals surface area contributed by atoms with Gasteiger partial charge in [-0.05, 0) is 61.1 Å². The van der Waals surface area contributed by atoms with Crippen LogP contribution in [-0.4, -0.2) is 57.5 Å². The van der Waals surface area contributed by atoms with E-state index < -0.39 is 33.5 Å². The second kappa shape index (κ2) is 8.37. The number of ether oxygens (including phenoxy) is 1. The number of halogens is 3. The van der Waals surface area contributed by atoms with Gasteiger partial charge in [0.05, 0.1) is 12.4 Å². The van der Waals surface area contributed by atoms with Crippen molar-refractivity contribution in [2.75, 3.05) is 26.0 Å². The Balaban J connectivity index is 1.50. The van der Waals surface area contributed by atoms with E-state index in [1.807, 2.05) is 0 Å². The maximum Gasteiger partial charge on any atom is 0.209 e. The second-order valence-electron chi connectivity index (χ2n) is 9.65. The molecule has 5 nitrogen and oxygen atoms in total. The lowest BCUT2D eigenvalue weighted by molar-refractivity contribution is -0.0689. The van der Waals surface area contributed by atoms with E-state index in [4.69, 9.17) is 4.74 Å². The minimum Gasteiger partial charge on any atom is -0.377 e. The highest BCUT2D eigenvalue weighted by molar-refractivity contribution is 7.88. The van der Waals surface area contributed by atoms with E-state index in [1.165, 1.54) is 24.3 Å². The molecule has 2 saturated heterocycles. The molecule has 1 unspecified atom stereocenters. The van der Waals surface area contributed by atoms with E-state index >= 15 is 4.39 Å². The van der Waals surface area contributed by atoms with E-state index in [9.17, 15) is 17.2 Å². The summed E-state index contributed by atoms with van der Waals surface area (Å²) in [5.74, 6) is -1.77. The minimum atomic E-state index is -3.50. The molecule has 0 amide bonds. The van der Waals surface area contributed by atoms with Crippen LogP contribution < -0.4 is 4.72 Å². The number of sulfonamides is 1. The largest absolute Gasteiger partial charge is 0.377 e. The van der Waals surface area contributed by atoms with Crippen molar-refractivity contribution >= 4 is 10.0 Å². The van der Waals surface area contributed by atoms with Crippen LogP contribution in [0.4, 0.5) is 13.2 Å². The highest BCUT2D eigenvalue weighted by atomic mass is 32.2. The molecule has 1 aliphatic carbocycles. The van der Waals surface area contributed by atoms with Crippen molar-refractivity contribution in [2.24, 2.45) is 5.41 Å². The van der Waals surface area contributed by atoms with Crippen LogP contribution in [0.25, 0.3) is 11.1 Å². The van der Waals surface area contributed by atoms with Crippen molar-refractivity contribution in [1.82, 2.24) is 9.62 Å². The van der Waals surface area contributed by atoms with Gasteiger partial charge < -0.3 is 4.74 Å². The Bertz CT molecular complexity index is 1170. The Kier molecular flexibility index (Phi) is 5.79. The Morgan fingerprint density at radius 1 is 1.15 bits per heavy atom. The molecule has 3 fully saturated rings. The first kappa shape index (κ1) is 22.8. The third kappa shape index (κ3) is 4.69. The van der Waals surface area contributed by atoms with Crippen molar-refractivity contribution < 1.29 is 26.3 Å². The molecule has 178 valence electrons. The van der Waals surface area contributed by atoms with Crippen LogP contribution in [0.3, 0.4) is 0 Å². The van der Waals surface area contributed by atoms with Crippen LogP contribution in [0.5, 0.6) is 0 Å². The van der Waals surface area contributed by atoms with Crippen LogP contribution in [0, 0.1) is 22.9 Å². The maximum atomic E-state index is 15.6. The molecule has 3 atom stereocenters. The fourth-order valence-corrected chi connectivity index (χ4v) is 6.19. The van der Waals surface area contributed by atoms with Crippen LogP contribution in [0.15, 0.2) is 36.4 Å². The summed E-state index contributed by atoms with van der Waals surface area (Å²) >= 11 is 0. The average molecular weight is 481 g/mol. The number of likely N-dealkylation sites (tertiary alicyclic amines) is 1. The zero-order valence-electron chi connectivity index (χ0n) is 18.4. The summed E-state index contributed by atoms with van der Waals surface area (Å²) in [5, 5.41) is 0. The summed E-state index contributed by atoms with van der Waals surface area (Å²) < 4.78 is 76.6. The summed E-state index contributed by atoms with van der Waals surface area (Å²) in [7, 11) is -3.50. The molecule has 3 aliphatic rings. The fraction of sp³-hybridized carbons (Fsp3) is 0.500. The van der Waals surface area contributed by atoms with Gasteiger partial charge in [-0.15, -0.1) is 0 Å². The van der Waals surface area contributed by atoms with Crippen LogP contribution in [0.1, 0.15) is 24.8 Å². The monoisotopic (exact) mass is 480 g/mol. The first-order valence-corrected chi connectivity index (χ1v) is 13.1. The molecule has 0 aromatic heterocycles. The quantitative estimate of drug-likeness (QED) is 0.659. The molecule has 2 heterocycles. The molecule has 33 heavy (non-hydrogen) atoms. The fourth-order valence-electron chi connectivity index (χ4n) is 5.33. The molecule has 1 spiro atoms. The van der Waals surface area contributed by atoms with Crippen molar-refractivity contribution in [1.29, 1.82) is 0 Å². The van der Waals surface area contributed by atoms with Crippen LogP contribution >= 0.6 is 0 Å². The topological polar surface area (TPSA) is 58.6 Å². The summed E-state index contributed by atoms with van der Waals surface area (Å²) in [6.45, 7) is 2.02. The first-order chi connectivity index (χ1) is 15.6. The highest BCUT2D eigenvalue weighted by Crippen LogP contribution is 2.55. The van der Waals surface area contributed by atoms with Gasteiger partial charge >= 0.3 is 0 Å². The predicted molar refractivity (Wildman–Crippen MR) is 119 cm³/mol. The Morgan fingerprint density at radius 2 is 1.91 bits per heavy atom. The number of benzene rings is 2. The molecule has 0 radical (unpaired) electrons. The second-order valence-corrected chi connectivity index (χ2v) is 11.4. The molecule has 5 rings (SSSR count). The van der Waals surface area contributed by atoms with E-state index in [1.54, 1.807) is 0 Å². The van der Waals surface area contributed by atoms with Gasteiger partial charge in [0.1, 0.15) is 17.5 Å². The average Bonchev–Trinajstić information content (AvgIpc) is 3.43. The molecule has 1 N–H and O–H groups in total. The molecule has 2 aliphatic heterocycles. The van der Waals surface area contributed by atoms with E-state index in [-0.39, 0.29) is 40.7 Å². The van der Waals surface area contributed by atoms with E-state index in [0.717, 1.165) is 37.7 Å². The summed E-state index contributed by atoms with van der Waals surface area (Å²) in [5.41, 5.74) is 0.206. The van der Waals surface area contributed by atoms with Gasteiger partial charge in [-0.25, -0.2) is 26.3 Å². The third-order valence-corrected chi connectivity index (χ3v) is 7.86. The standard InChI is InChI=1S/C24H27F3N2O3S/c1-33(30,31)28-23-21(29(13-19-5-8-32-19)14-24(23)6-7-24)11-16-10-18(26)12-20(22(16)27)15-3-2-4-17(25)9-15/h2-4,9-10,12,19,21,23,28H,5-8,11,13-14H2,1H3/t19?,21-,23+/m0/s1. The summed E-state index contributed by atoms with van der Waals surface area (Å²) in [6.07, 6.45) is 4.03. The van der Waals surface area contributed by atoms with Gasteiger partial charge in [0.2, 0.25) is 10.0 Å². The van der Waals surface area contributed by atoms with Crippen molar-refractivity contribution in [3.8, 4) is 11.1 Å². The zero-order chi connectivity index (χ0) is 23.4. The maximum absolute atomic E-state index is 15.6. The Morgan fingerprint density at radius 3 is 2.52 bits per heavy atom. The van der Waals surface area contributed by atoms with Crippen molar-refractivity contribution in [2.45, 2.75) is 43.9 Å². The third-order valence-electron chi connectivity index (χ3n) is 7.17. The van der Waals surface area contributed by atoms with Gasteiger partial charge in [0.25, 0.3) is 0 Å². The number of nitrogens with zero attached hydrogens (tertiary/aromatic N) is 1. The van der Waals surface area contributed by atoms with Crippen molar-refractivity contribution in [3.05, 3.63) is 59.4 Å². The molecule has 9 heteroatoms. The van der Waals surface area contributed by atoms with Crippen molar-refractivity contribution in [3.63, 3.8) is 0 Å². The number of hydrogen-bond acceptors (Lipinski definition) is 4. The number of rotatable bonds is 7. The van der Waals surface area contributed by atoms with Crippen LogP contribution in [-0.2, 0) is 21.2 Å². The van der Waals surface area contributed by atoms with Gasteiger partial charge in [-0.3, -0.25) is 4.90 Å².